The first-order valence-electron chi connectivity index (χ1n) is 5.42. The average molecular weight is 221 g/mol. The second-order valence-electron chi connectivity index (χ2n) is 4.10. The van der Waals surface area contributed by atoms with Crippen molar-refractivity contribution in [3.8, 4) is 0 Å². The van der Waals surface area contributed by atoms with Gasteiger partial charge >= 0.3 is 0 Å². The lowest BCUT2D eigenvalue weighted by atomic mass is 10.2. The summed E-state index contributed by atoms with van der Waals surface area (Å²) in [5.74, 6) is -0.264. The van der Waals surface area contributed by atoms with Gasteiger partial charge < -0.3 is 16.0 Å². The Labute approximate surface area is 93.0 Å². The molecule has 5 heteroatoms. The highest BCUT2D eigenvalue weighted by atomic mass is 16.2. The lowest BCUT2D eigenvalue weighted by Crippen LogP contribution is -2.44. The number of nitrogens with two attached hydrogens (primary N) is 1. The van der Waals surface area contributed by atoms with Crippen LogP contribution in [0.1, 0.15) is 29.8 Å². The minimum Gasteiger partial charge on any atom is -0.346 e. The van der Waals surface area contributed by atoms with Crippen LogP contribution >= 0.6 is 0 Å². The van der Waals surface area contributed by atoms with E-state index in [1.165, 1.54) is 6.07 Å². The van der Waals surface area contributed by atoms with E-state index in [1.807, 2.05) is 0 Å². The van der Waals surface area contributed by atoms with Crippen molar-refractivity contribution in [2.45, 2.75) is 31.3 Å². The van der Waals surface area contributed by atoms with Crippen molar-refractivity contribution in [2.75, 3.05) is 0 Å². The fourth-order valence-corrected chi connectivity index (χ4v) is 1.99. The van der Waals surface area contributed by atoms with Gasteiger partial charge in [-0.05, 0) is 25.3 Å². The third-order valence-electron chi connectivity index (χ3n) is 2.90. The Kier molecular flexibility index (Phi) is 3.05. The van der Waals surface area contributed by atoms with Gasteiger partial charge in [0.05, 0.1) is 0 Å². The van der Waals surface area contributed by atoms with Gasteiger partial charge in [-0.2, -0.15) is 0 Å². The molecule has 2 rings (SSSR count). The van der Waals surface area contributed by atoms with Crippen LogP contribution in [0.15, 0.2) is 23.0 Å². The fraction of sp³-hybridized carbons (Fsp3) is 0.455. The number of hydrogen-bond donors (Lipinski definition) is 3. The summed E-state index contributed by atoms with van der Waals surface area (Å²) in [4.78, 5) is 25.3. The fourth-order valence-electron chi connectivity index (χ4n) is 1.99. The van der Waals surface area contributed by atoms with Crippen molar-refractivity contribution in [2.24, 2.45) is 5.73 Å². The molecule has 1 aromatic rings. The first-order valence-corrected chi connectivity index (χ1v) is 5.42. The van der Waals surface area contributed by atoms with Crippen molar-refractivity contribution in [3.05, 3.63) is 34.2 Å². The van der Waals surface area contributed by atoms with Crippen LogP contribution in [0.2, 0.25) is 0 Å². The number of H-pyrrole nitrogens is 1. The number of aromatic amines is 1. The van der Waals surface area contributed by atoms with Gasteiger partial charge in [0.1, 0.15) is 5.69 Å². The quantitative estimate of drug-likeness (QED) is 0.656. The summed E-state index contributed by atoms with van der Waals surface area (Å²) in [5.41, 5.74) is 5.86. The molecule has 5 nitrogen and oxygen atoms in total. The molecule has 0 aromatic carbocycles. The van der Waals surface area contributed by atoms with E-state index in [4.69, 9.17) is 5.73 Å². The summed E-state index contributed by atoms with van der Waals surface area (Å²) < 4.78 is 0. The van der Waals surface area contributed by atoms with Crippen LogP contribution < -0.4 is 16.6 Å². The minimum absolute atomic E-state index is 0.0243. The lowest BCUT2D eigenvalue weighted by Gasteiger charge is -2.16. The SMILES string of the molecule is NC1CCCC1NC(=O)c1cccc(=O)[nH]1. The molecule has 0 bridgehead atoms. The van der Waals surface area contributed by atoms with Gasteiger partial charge in [-0.3, -0.25) is 9.59 Å². The second kappa shape index (κ2) is 4.49. The van der Waals surface area contributed by atoms with Gasteiger partial charge in [-0.25, -0.2) is 0 Å². The second-order valence-corrected chi connectivity index (χ2v) is 4.10. The van der Waals surface area contributed by atoms with Crippen molar-refractivity contribution < 1.29 is 4.79 Å². The number of carbonyl (C=O) groups excluding carboxylic acids is 1. The number of aromatic nitrogens is 1. The molecule has 0 spiro atoms. The number of nitrogens with one attached hydrogen (secondary N) is 2. The molecular weight excluding hydrogens is 206 g/mol. The molecule has 16 heavy (non-hydrogen) atoms. The summed E-state index contributed by atoms with van der Waals surface area (Å²) in [6, 6.07) is 4.56. The molecule has 0 saturated heterocycles. The van der Waals surface area contributed by atoms with Crippen LogP contribution in [-0.2, 0) is 0 Å². The summed E-state index contributed by atoms with van der Waals surface area (Å²) in [5, 5.41) is 2.84. The van der Waals surface area contributed by atoms with Gasteiger partial charge in [0.15, 0.2) is 0 Å². The van der Waals surface area contributed by atoms with Crippen molar-refractivity contribution >= 4 is 5.91 Å². The first kappa shape index (κ1) is 10.9. The van der Waals surface area contributed by atoms with Crippen LogP contribution in [0.25, 0.3) is 0 Å². The zero-order valence-corrected chi connectivity index (χ0v) is 8.90. The Balaban J connectivity index is 2.05. The topological polar surface area (TPSA) is 88.0 Å². The molecule has 1 heterocycles. The van der Waals surface area contributed by atoms with Gasteiger partial charge in [0.25, 0.3) is 5.91 Å². The minimum atomic E-state index is -0.275. The number of carbonyl (C=O) groups is 1. The largest absolute Gasteiger partial charge is 0.346 e. The Hall–Kier alpha value is -1.62. The number of amides is 1. The maximum Gasteiger partial charge on any atom is 0.268 e. The lowest BCUT2D eigenvalue weighted by molar-refractivity contribution is 0.0929. The molecule has 0 aliphatic heterocycles. The predicted molar refractivity (Wildman–Crippen MR) is 60.1 cm³/mol. The smallest absolute Gasteiger partial charge is 0.268 e. The number of rotatable bonds is 2. The first-order chi connectivity index (χ1) is 7.66. The van der Waals surface area contributed by atoms with E-state index in [9.17, 15) is 9.59 Å². The van der Waals surface area contributed by atoms with E-state index in [0.717, 1.165) is 19.3 Å². The molecule has 1 fully saturated rings. The zero-order valence-electron chi connectivity index (χ0n) is 8.90. The van der Waals surface area contributed by atoms with Crippen LogP contribution in [0.4, 0.5) is 0 Å². The third-order valence-corrected chi connectivity index (χ3v) is 2.90. The molecule has 2 atom stereocenters. The number of pyridine rings is 1. The predicted octanol–water partition coefficient (Wildman–Crippen LogP) is -0.0155. The molecule has 1 aliphatic carbocycles. The summed E-state index contributed by atoms with van der Waals surface area (Å²) in [6.07, 6.45) is 2.89. The Morgan fingerprint density at radius 3 is 2.88 bits per heavy atom. The van der Waals surface area contributed by atoms with E-state index in [2.05, 4.69) is 10.3 Å². The van der Waals surface area contributed by atoms with Gasteiger partial charge in [0, 0.05) is 18.2 Å². The number of hydrogen-bond acceptors (Lipinski definition) is 3. The molecule has 1 amide bonds. The average Bonchev–Trinajstić information content (AvgIpc) is 2.64. The molecule has 86 valence electrons. The Morgan fingerprint density at radius 2 is 2.25 bits per heavy atom. The highest BCUT2D eigenvalue weighted by Crippen LogP contribution is 2.17. The highest BCUT2D eigenvalue weighted by molar-refractivity contribution is 5.92. The molecule has 4 N–H and O–H groups in total. The van der Waals surface area contributed by atoms with Crippen LogP contribution in [0.3, 0.4) is 0 Å². The summed E-state index contributed by atoms with van der Waals surface area (Å²) in [6.45, 7) is 0. The van der Waals surface area contributed by atoms with Crippen molar-refractivity contribution in [1.82, 2.24) is 10.3 Å². The van der Waals surface area contributed by atoms with Crippen LogP contribution in [-0.4, -0.2) is 23.0 Å². The highest BCUT2D eigenvalue weighted by Gasteiger charge is 2.25. The molecule has 2 unspecified atom stereocenters. The maximum absolute atomic E-state index is 11.8. The van der Waals surface area contributed by atoms with E-state index >= 15 is 0 Å². The van der Waals surface area contributed by atoms with E-state index in [0.29, 0.717) is 0 Å². The molecule has 1 aliphatic rings. The monoisotopic (exact) mass is 221 g/mol. The Morgan fingerprint density at radius 1 is 1.44 bits per heavy atom. The van der Waals surface area contributed by atoms with Gasteiger partial charge in [-0.15, -0.1) is 0 Å². The Bertz CT molecular complexity index is 441. The summed E-state index contributed by atoms with van der Waals surface area (Å²) >= 11 is 0. The molecule has 1 saturated carbocycles. The van der Waals surface area contributed by atoms with Gasteiger partial charge in [0.2, 0.25) is 5.56 Å². The molecule has 0 radical (unpaired) electrons. The third kappa shape index (κ3) is 2.30. The normalized spacial score (nSPS) is 24.3. The zero-order chi connectivity index (χ0) is 11.5. The van der Waals surface area contributed by atoms with Crippen LogP contribution in [0.5, 0.6) is 0 Å². The van der Waals surface area contributed by atoms with Crippen LogP contribution in [0, 0.1) is 0 Å². The summed E-state index contributed by atoms with van der Waals surface area (Å²) in [7, 11) is 0. The van der Waals surface area contributed by atoms with E-state index in [1.54, 1.807) is 12.1 Å². The van der Waals surface area contributed by atoms with Crippen molar-refractivity contribution in [1.29, 1.82) is 0 Å². The maximum atomic E-state index is 11.8. The molecule has 1 aromatic heterocycles. The standard InChI is InChI=1S/C11H15N3O2/c12-7-3-1-4-8(7)14-11(16)9-5-2-6-10(15)13-9/h2,5-8H,1,3-4,12H2,(H,13,15)(H,14,16). The van der Waals surface area contributed by atoms with E-state index in [-0.39, 0.29) is 29.2 Å². The van der Waals surface area contributed by atoms with E-state index < -0.39 is 0 Å². The molecular formula is C11H15N3O2. The van der Waals surface area contributed by atoms with Crippen molar-refractivity contribution in [3.63, 3.8) is 0 Å². The van der Waals surface area contributed by atoms with Gasteiger partial charge in [-0.1, -0.05) is 6.07 Å².